The summed E-state index contributed by atoms with van der Waals surface area (Å²) in [7, 11) is 3.83. The van der Waals surface area contributed by atoms with Gasteiger partial charge in [-0.15, -0.1) is 0 Å². The van der Waals surface area contributed by atoms with E-state index < -0.39 is 0 Å². The first kappa shape index (κ1) is 74.2. The van der Waals surface area contributed by atoms with Crippen molar-refractivity contribution in [1.82, 2.24) is 96.7 Å². The van der Waals surface area contributed by atoms with Gasteiger partial charge in [-0.2, -0.15) is 10.2 Å². The molecular formula is C87H93N23O4. The number of nitrogens with one attached hydrogen (secondary N) is 3. The van der Waals surface area contributed by atoms with Crippen LogP contribution in [0.25, 0.3) is 101 Å². The van der Waals surface area contributed by atoms with Crippen molar-refractivity contribution in [3.8, 4) is 45.0 Å². The summed E-state index contributed by atoms with van der Waals surface area (Å²) in [5.41, 5.74) is 18.9. The number of rotatable bonds is 9. The highest BCUT2D eigenvalue weighted by Gasteiger charge is 2.26. The zero-order valence-electron chi connectivity index (χ0n) is 65.6. The number of hydrogen-bond acceptors (Lipinski definition) is 19. The van der Waals surface area contributed by atoms with Crippen molar-refractivity contribution in [3.05, 3.63) is 254 Å². The van der Waals surface area contributed by atoms with Crippen LogP contribution in [0.2, 0.25) is 0 Å². The highest BCUT2D eigenvalue weighted by molar-refractivity contribution is 5.85. The lowest BCUT2D eigenvalue weighted by Gasteiger charge is -2.37. The molecule has 4 saturated heterocycles. The lowest BCUT2D eigenvalue weighted by molar-refractivity contribution is 0.172. The maximum Gasteiger partial charge on any atom is 0.258 e. The first-order chi connectivity index (χ1) is 55.2. The van der Waals surface area contributed by atoms with Gasteiger partial charge in [0.2, 0.25) is 0 Å². The fraction of sp³-hybridized carbons (Fsp3) is 0.310. The zero-order valence-corrected chi connectivity index (χ0v) is 65.6. The molecule has 18 heterocycles. The number of anilines is 3. The van der Waals surface area contributed by atoms with E-state index in [0.29, 0.717) is 75.4 Å². The largest absolute Gasteiger partial charge is 0.368 e. The lowest BCUT2D eigenvalue weighted by atomic mass is 9.90. The van der Waals surface area contributed by atoms with E-state index in [1.54, 1.807) is 41.9 Å². The van der Waals surface area contributed by atoms with Gasteiger partial charge >= 0.3 is 0 Å². The minimum Gasteiger partial charge on any atom is -0.368 e. The Bertz CT molecular complexity index is 6560. The molecule has 0 aliphatic carbocycles. The summed E-state index contributed by atoms with van der Waals surface area (Å²) in [6.45, 7) is 25.6. The van der Waals surface area contributed by atoms with E-state index in [4.69, 9.17) is 19.9 Å². The van der Waals surface area contributed by atoms with Gasteiger partial charge in [0.05, 0.1) is 74.7 Å². The molecule has 20 rings (SSSR count). The van der Waals surface area contributed by atoms with Crippen LogP contribution in [-0.4, -0.2) is 177 Å². The third-order valence-electron chi connectivity index (χ3n) is 22.3. The van der Waals surface area contributed by atoms with Gasteiger partial charge in [-0.25, -0.2) is 29.9 Å². The fourth-order valence-corrected chi connectivity index (χ4v) is 16.3. The molecule has 14 aromatic heterocycles. The second-order valence-electron chi connectivity index (χ2n) is 31.0. The first-order valence-corrected chi connectivity index (χ1v) is 39.3. The number of likely N-dealkylation sites (tertiary alicyclic amines) is 1. The molecule has 114 heavy (non-hydrogen) atoms. The Labute approximate surface area is 657 Å². The molecular weight excluding hydrogens is 1430 g/mol. The van der Waals surface area contributed by atoms with Gasteiger partial charge < -0.3 is 44.4 Å². The third kappa shape index (κ3) is 15.5. The zero-order chi connectivity index (χ0) is 78.6. The molecule has 0 bridgehead atoms. The summed E-state index contributed by atoms with van der Waals surface area (Å²) in [6, 6.07) is 44.2. The van der Waals surface area contributed by atoms with Crippen LogP contribution in [0.4, 0.5) is 17.1 Å². The van der Waals surface area contributed by atoms with E-state index in [-0.39, 0.29) is 22.2 Å². The number of piperazine rings is 3. The molecule has 4 fully saturated rings. The van der Waals surface area contributed by atoms with Crippen molar-refractivity contribution in [1.29, 1.82) is 0 Å². The van der Waals surface area contributed by atoms with Gasteiger partial charge in [-0.05, 0) is 177 Å². The highest BCUT2D eigenvalue weighted by Crippen LogP contribution is 2.31. The number of piperidine rings is 1. The summed E-state index contributed by atoms with van der Waals surface area (Å²) in [5.74, 6) is 0.503. The van der Waals surface area contributed by atoms with Crippen molar-refractivity contribution < 1.29 is 0 Å². The molecule has 2 aromatic carbocycles. The quantitative estimate of drug-likeness (QED) is 0.121. The lowest BCUT2D eigenvalue weighted by Crippen LogP contribution is -2.54. The SMILES string of the molecule is C[C@@H]1CN(c2ccc3nc(-c4ccc5c(cnn5C)c4)cc(=O)n3c2)C[C@H](C)N1.C[C@H]1CN(c2ccc3nc(-c4ccc5c(cnn5C)c4)cc(=O)n3c2)CCN1.Cc1cn2cc(-c3cc(=O)n4cc(C5CCN(C(C)C)CC5)ccc4n3)ccc2n1.Cc1cn2ccc(-c3cc(=O)n4cc(N5CCNCC5)ccc4n3)cc2n1. The topological polar surface area (TPSA) is 257 Å². The van der Waals surface area contributed by atoms with Gasteiger partial charge in [0.15, 0.2) is 0 Å². The molecule has 3 atom stereocenters. The number of imidazole rings is 2. The third-order valence-corrected chi connectivity index (χ3v) is 22.3. The van der Waals surface area contributed by atoms with Crippen LogP contribution < -0.4 is 52.9 Å². The van der Waals surface area contributed by atoms with E-state index in [1.807, 2.05) is 205 Å². The average molecular weight is 1520 g/mol. The molecule has 0 saturated carbocycles. The molecule has 3 N–H and O–H groups in total. The van der Waals surface area contributed by atoms with Crippen LogP contribution in [-0.2, 0) is 14.1 Å². The molecule has 0 amide bonds. The Morgan fingerprint density at radius 1 is 0.404 bits per heavy atom. The van der Waals surface area contributed by atoms with Crippen molar-refractivity contribution in [2.45, 2.75) is 91.4 Å². The molecule has 4 aliphatic heterocycles. The van der Waals surface area contributed by atoms with Gasteiger partial charge in [0, 0.05) is 204 Å². The Hall–Kier alpha value is -12.6. The number of aryl methyl sites for hydroxylation is 4. The van der Waals surface area contributed by atoms with Gasteiger partial charge in [0.25, 0.3) is 22.2 Å². The van der Waals surface area contributed by atoms with E-state index in [2.05, 4.69) is 102 Å². The molecule has 580 valence electrons. The number of nitrogens with zero attached hydrogens (tertiary/aromatic N) is 20. The Morgan fingerprint density at radius 2 is 0.851 bits per heavy atom. The van der Waals surface area contributed by atoms with E-state index in [0.717, 1.165) is 169 Å². The van der Waals surface area contributed by atoms with E-state index in [1.165, 1.54) is 5.56 Å². The van der Waals surface area contributed by atoms with Crippen molar-refractivity contribution in [2.75, 3.05) is 86.7 Å². The second-order valence-corrected chi connectivity index (χ2v) is 31.0. The van der Waals surface area contributed by atoms with Crippen LogP contribution in [0.3, 0.4) is 0 Å². The number of benzene rings is 2. The molecule has 27 heteroatoms. The van der Waals surface area contributed by atoms with Crippen LogP contribution >= 0.6 is 0 Å². The number of hydrogen-bond donors (Lipinski definition) is 3. The van der Waals surface area contributed by atoms with Crippen molar-refractivity contribution >= 4 is 72.8 Å². The molecule has 0 unspecified atom stereocenters. The maximum atomic E-state index is 12.9. The minimum atomic E-state index is -0.0774. The number of fused-ring (bicyclic) bond motifs is 8. The van der Waals surface area contributed by atoms with E-state index >= 15 is 0 Å². The summed E-state index contributed by atoms with van der Waals surface area (Å²) >= 11 is 0. The van der Waals surface area contributed by atoms with Gasteiger partial charge in [-0.3, -0.25) is 46.1 Å². The van der Waals surface area contributed by atoms with Crippen LogP contribution in [0.5, 0.6) is 0 Å². The van der Waals surface area contributed by atoms with Crippen LogP contribution in [0.15, 0.2) is 215 Å². The van der Waals surface area contributed by atoms with Crippen molar-refractivity contribution in [3.63, 3.8) is 0 Å². The fourth-order valence-electron chi connectivity index (χ4n) is 16.3. The van der Waals surface area contributed by atoms with E-state index in [9.17, 15) is 19.2 Å². The summed E-state index contributed by atoms with van der Waals surface area (Å²) in [6.07, 6.45) is 21.5. The summed E-state index contributed by atoms with van der Waals surface area (Å²) in [4.78, 5) is 88.7. The second kappa shape index (κ2) is 31.2. The van der Waals surface area contributed by atoms with Crippen LogP contribution in [0, 0.1) is 13.8 Å². The number of aromatic nitrogens is 16. The van der Waals surface area contributed by atoms with Crippen molar-refractivity contribution in [2.24, 2.45) is 14.1 Å². The Kier molecular flexibility index (Phi) is 20.3. The molecule has 16 aromatic rings. The normalized spacial score (nSPS) is 17.1. The molecule has 27 nitrogen and oxygen atoms in total. The average Bonchev–Trinajstić information content (AvgIpc) is 1.19. The summed E-state index contributed by atoms with van der Waals surface area (Å²) < 4.78 is 14.2. The highest BCUT2D eigenvalue weighted by atomic mass is 16.1. The molecule has 0 spiro atoms. The molecule has 0 radical (unpaired) electrons. The minimum absolute atomic E-state index is 0.0432. The first-order valence-electron chi connectivity index (χ1n) is 39.3. The van der Waals surface area contributed by atoms with Crippen LogP contribution in [0.1, 0.15) is 70.3 Å². The standard InChI is InChI=1S/C24H27N5O.C22H24N6O.C21H22N6O.C20H20N6O/c1-16(2)27-10-8-18(9-11-27)19-4-7-23-26-21(12-24(30)29(23)15-19)20-5-6-22-25-17(3)13-28(22)14-20;1-14-11-27(12-15(2)24-14)18-5-7-21-25-19(9-22(29)28(21)13-18)16-4-6-20-17(8-16)10-23-26(20)3;1-14-12-26(8-7-22-14)17-4-6-20-24-18(10-21(28)27(20)13-17)15-3-5-19-16(9-15)11-23-25(19)2;1-14-12-25-7-4-15(10-19(25)22-14)17-11-20(27)26-13-16(2-3-18(26)23-17)24-8-5-21-6-9-24/h4-7,12-16,18H,8-11H2,1-3H3;4-10,13-15,24H,11-12H2,1-3H3;3-6,9-11,13-14,22H,7-8,12H2,1-2H3;2-4,7,10-13,21H,5-6,8-9H2,1H3/t;14-,15+;14-;/m..0./s1. The predicted octanol–water partition coefficient (Wildman–Crippen LogP) is 10.1. The predicted molar refractivity (Wildman–Crippen MR) is 451 cm³/mol. The molecule has 4 aliphatic rings. The smallest absolute Gasteiger partial charge is 0.258 e. The Balaban J connectivity index is 0.000000110. The van der Waals surface area contributed by atoms with Gasteiger partial charge in [-0.1, -0.05) is 18.2 Å². The number of pyridine rings is 6. The Morgan fingerprint density at radius 3 is 1.39 bits per heavy atom. The summed E-state index contributed by atoms with van der Waals surface area (Å²) in [5, 5.41) is 21.0. The van der Waals surface area contributed by atoms with Gasteiger partial charge in [0.1, 0.15) is 33.9 Å². The monoisotopic (exact) mass is 1520 g/mol. The maximum absolute atomic E-state index is 12.9.